The number of hydrogen-bond acceptors (Lipinski definition) is 8. The summed E-state index contributed by atoms with van der Waals surface area (Å²) >= 11 is 0. The van der Waals surface area contributed by atoms with E-state index >= 15 is 0 Å². The Balaban J connectivity index is 1.41. The number of likely N-dealkylation sites (tertiary alicyclic amines) is 1. The lowest BCUT2D eigenvalue weighted by Crippen LogP contribution is -2.44. The van der Waals surface area contributed by atoms with Gasteiger partial charge in [-0.15, -0.1) is 4.40 Å². The van der Waals surface area contributed by atoms with Gasteiger partial charge in [0.2, 0.25) is 0 Å². The van der Waals surface area contributed by atoms with Gasteiger partial charge in [0, 0.05) is 24.7 Å². The second kappa shape index (κ2) is 8.14. The van der Waals surface area contributed by atoms with Crippen LogP contribution in [0.4, 0.5) is 5.82 Å². The van der Waals surface area contributed by atoms with Gasteiger partial charge in [0.05, 0.1) is 5.92 Å². The van der Waals surface area contributed by atoms with Gasteiger partial charge in [-0.25, -0.2) is 0 Å². The van der Waals surface area contributed by atoms with Crippen molar-refractivity contribution in [3.8, 4) is 0 Å². The first-order chi connectivity index (χ1) is 14.7. The molecule has 2 aromatic rings. The Bertz CT molecular complexity index is 1160. The van der Waals surface area contributed by atoms with Crippen LogP contribution in [0.2, 0.25) is 0 Å². The number of ether oxygens (including phenoxy) is 1. The molecule has 2 atom stereocenters. The number of aryl methyl sites for hydroxylation is 1. The van der Waals surface area contributed by atoms with E-state index in [4.69, 9.17) is 9.26 Å². The lowest BCUT2D eigenvalue weighted by Gasteiger charge is -2.33. The number of piperidine rings is 1. The number of amides is 1. The molecule has 0 bridgehead atoms. The molecular formula is C20H22N4O6S. The molecule has 2 aliphatic heterocycles. The quantitative estimate of drug-likeness (QED) is 0.702. The third-order valence-corrected chi connectivity index (χ3v) is 6.53. The van der Waals surface area contributed by atoms with Gasteiger partial charge in [-0.3, -0.25) is 9.59 Å². The van der Waals surface area contributed by atoms with Gasteiger partial charge in [0.15, 0.2) is 17.8 Å². The first-order valence-electron chi connectivity index (χ1n) is 9.88. The summed E-state index contributed by atoms with van der Waals surface area (Å²) in [5.41, 5.74) is 0.534. The Morgan fingerprint density at radius 1 is 1.32 bits per heavy atom. The molecule has 10 nitrogen and oxygen atoms in total. The number of benzene rings is 1. The van der Waals surface area contributed by atoms with Crippen LogP contribution in [-0.2, 0) is 24.3 Å². The summed E-state index contributed by atoms with van der Waals surface area (Å²) in [6, 6.07) is 8.19. The van der Waals surface area contributed by atoms with Crippen molar-refractivity contribution in [2.24, 2.45) is 10.3 Å². The minimum absolute atomic E-state index is 0.170. The van der Waals surface area contributed by atoms with Crippen LogP contribution in [-0.4, -0.2) is 55.4 Å². The van der Waals surface area contributed by atoms with Crippen LogP contribution < -0.4 is 5.32 Å². The number of amidine groups is 1. The van der Waals surface area contributed by atoms with E-state index in [0.29, 0.717) is 36.5 Å². The van der Waals surface area contributed by atoms with Gasteiger partial charge >= 0.3 is 5.97 Å². The molecule has 11 heteroatoms. The number of carbonyl (C=O) groups is 2. The third kappa shape index (κ3) is 4.31. The Morgan fingerprint density at radius 2 is 2.10 bits per heavy atom. The number of esters is 1. The molecule has 0 spiro atoms. The van der Waals surface area contributed by atoms with E-state index in [0.717, 1.165) is 0 Å². The molecule has 0 unspecified atom stereocenters. The number of nitrogens with one attached hydrogen (secondary N) is 1. The van der Waals surface area contributed by atoms with Crippen LogP contribution in [0.1, 0.15) is 31.1 Å². The van der Waals surface area contributed by atoms with E-state index in [1.54, 1.807) is 36.1 Å². The number of nitrogens with zero attached hydrogens (tertiary/aromatic N) is 3. The fourth-order valence-corrected chi connectivity index (χ4v) is 4.88. The average Bonchev–Trinajstić information content (AvgIpc) is 3.28. The van der Waals surface area contributed by atoms with Gasteiger partial charge in [-0.2, -0.15) is 8.42 Å². The predicted molar refractivity (Wildman–Crippen MR) is 110 cm³/mol. The average molecular weight is 446 g/mol. The van der Waals surface area contributed by atoms with Crippen LogP contribution >= 0.6 is 0 Å². The molecule has 1 fully saturated rings. The molecule has 164 valence electrons. The Hall–Kier alpha value is -3.21. The summed E-state index contributed by atoms with van der Waals surface area (Å²) in [7, 11) is -3.74. The van der Waals surface area contributed by atoms with Gasteiger partial charge < -0.3 is 19.5 Å². The van der Waals surface area contributed by atoms with Crippen molar-refractivity contribution in [3.05, 3.63) is 41.7 Å². The summed E-state index contributed by atoms with van der Waals surface area (Å²) in [6.07, 6.45) is 0.220. The van der Waals surface area contributed by atoms with Gasteiger partial charge in [0.25, 0.3) is 15.9 Å². The van der Waals surface area contributed by atoms with E-state index in [1.807, 2.05) is 0 Å². The first-order valence-corrected chi connectivity index (χ1v) is 11.3. The minimum Gasteiger partial charge on any atom is -0.452 e. The van der Waals surface area contributed by atoms with Crippen LogP contribution in [0, 0.1) is 12.8 Å². The fraction of sp³-hybridized carbons (Fsp3) is 0.400. The zero-order valence-corrected chi connectivity index (χ0v) is 17.9. The molecule has 2 aliphatic rings. The Morgan fingerprint density at radius 3 is 2.84 bits per heavy atom. The molecule has 4 rings (SSSR count). The smallest absolute Gasteiger partial charge is 0.311 e. The van der Waals surface area contributed by atoms with Crippen molar-refractivity contribution < 1.29 is 27.3 Å². The number of hydrogen-bond donors (Lipinski definition) is 1. The zero-order valence-electron chi connectivity index (χ0n) is 17.1. The largest absolute Gasteiger partial charge is 0.452 e. The van der Waals surface area contributed by atoms with E-state index in [2.05, 4.69) is 14.9 Å². The highest BCUT2D eigenvalue weighted by Gasteiger charge is 2.36. The second-order valence-corrected chi connectivity index (χ2v) is 9.13. The highest BCUT2D eigenvalue weighted by atomic mass is 32.2. The maximum Gasteiger partial charge on any atom is 0.311 e. The van der Waals surface area contributed by atoms with Crippen LogP contribution in [0.5, 0.6) is 0 Å². The van der Waals surface area contributed by atoms with Crippen molar-refractivity contribution in [1.29, 1.82) is 0 Å². The van der Waals surface area contributed by atoms with Crippen molar-refractivity contribution in [3.63, 3.8) is 0 Å². The monoisotopic (exact) mass is 446 g/mol. The van der Waals surface area contributed by atoms with Crippen molar-refractivity contribution >= 4 is 33.6 Å². The molecule has 1 saturated heterocycles. The molecular weight excluding hydrogens is 424 g/mol. The molecule has 0 radical (unpaired) electrons. The number of rotatable bonds is 4. The van der Waals surface area contributed by atoms with Gasteiger partial charge in [-0.05, 0) is 38.8 Å². The zero-order chi connectivity index (χ0) is 22.2. The molecule has 31 heavy (non-hydrogen) atoms. The highest BCUT2D eigenvalue weighted by Crippen LogP contribution is 2.30. The second-order valence-electron chi connectivity index (χ2n) is 7.56. The summed E-state index contributed by atoms with van der Waals surface area (Å²) in [5.74, 6) is -0.404. The standard InChI is InChI=1S/C20H22N4O6S/c1-12-10-17(22-30-12)21-19(25)13(2)29-20(26)14-6-5-9-24(11-14)18-15-7-3-4-8-16(15)31(27,28)23-18/h3-4,7-8,10,13-14H,5-6,9,11H2,1-2H3,(H,21,22,25)/t13-,14-/m1/s1. The molecule has 1 aromatic heterocycles. The molecule has 0 aliphatic carbocycles. The normalized spacial score (nSPS) is 20.5. The highest BCUT2D eigenvalue weighted by molar-refractivity contribution is 7.90. The topological polar surface area (TPSA) is 131 Å². The summed E-state index contributed by atoms with van der Waals surface area (Å²) in [6.45, 7) is 4.01. The molecule has 1 amide bonds. The maximum absolute atomic E-state index is 12.7. The van der Waals surface area contributed by atoms with Crippen LogP contribution in [0.3, 0.4) is 0 Å². The van der Waals surface area contributed by atoms with E-state index in [1.165, 1.54) is 13.0 Å². The third-order valence-electron chi connectivity index (χ3n) is 5.21. The fourth-order valence-electron chi connectivity index (χ4n) is 3.66. The molecule has 0 saturated carbocycles. The number of carbonyl (C=O) groups excluding carboxylic acids is 2. The minimum atomic E-state index is -3.74. The Labute approximate surface area is 179 Å². The molecule has 3 heterocycles. The Kier molecular flexibility index (Phi) is 5.52. The SMILES string of the molecule is Cc1cc(NC(=O)[C@@H](C)OC(=O)[C@@H]2CCCN(C3=NS(=O)(=O)c4ccccc43)C2)no1. The number of sulfonamides is 1. The van der Waals surface area contributed by atoms with E-state index in [-0.39, 0.29) is 17.3 Å². The summed E-state index contributed by atoms with van der Waals surface area (Å²) in [4.78, 5) is 26.9. The number of aromatic nitrogens is 1. The van der Waals surface area contributed by atoms with Crippen molar-refractivity contribution in [2.45, 2.75) is 37.7 Å². The summed E-state index contributed by atoms with van der Waals surface area (Å²) < 4.78 is 38.8. The number of anilines is 1. The van der Waals surface area contributed by atoms with E-state index in [9.17, 15) is 18.0 Å². The van der Waals surface area contributed by atoms with Gasteiger partial charge in [0.1, 0.15) is 10.7 Å². The van der Waals surface area contributed by atoms with Crippen LogP contribution in [0.25, 0.3) is 0 Å². The number of fused-ring (bicyclic) bond motifs is 1. The summed E-state index contributed by atoms with van der Waals surface area (Å²) in [5, 5.41) is 6.20. The molecule has 1 N–H and O–H groups in total. The maximum atomic E-state index is 12.7. The first kappa shape index (κ1) is 21.0. The van der Waals surface area contributed by atoms with Crippen LogP contribution in [0.15, 0.2) is 44.1 Å². The van der Waals surface area contributed by atoms with Crippen molar-refractivity contribution in [2.75, 3.05) is 18.4 Å². The van der Waals surface area contributed by atoms with Gasteiger partial charge in [-0.1, -0.05) is 17.3 Å². The predicted octanol–water partition coefficient (Wildman–Crippen LogP) is 1.71. The van der Waals surface area contributed by atoms with Crippen molar-refractivity contribution in [1.82, 2.24) is 10.1 Å². The lowest BCUT2D eigenvalue weighted by atomic mass is 9.97. The lowest BCUT2D eigenvalue weighted by molar-refractivity contribution is -0.158. The molecule has 1 aromatic carbocycles. The van der Waals surface area contributed by atoms with E-state index < -0.39 is 33.9 Å².